The van der Waals surface area contributed by atoms with Crippen LogP contribution in [-0.2, 0) is 14.3 Å². The maximum absolute atomic E-state index is 12.0. The Morgan fingerprint density at radius 1 is 1.24 bits per heavy atom. The Morgan fingerprint density at radius 2 is 2.00 bits per heavy atom. The Balaban J connectivity index is 2.39. The first-order valence-electron chi connectivity index (χ1n) is 6.22. The maximum Gasteiger partial charge on any atom is 0.251 e. The van der Waals surface area contributed by atoms with Crippen molar-refractivity contribution in [3.05, 3.63) is 0 Å². The Morgan fingerprint density at radius 3 is 2.65 bits per heavy atom. The number of methoxy groups -OCH3 is 2. The van der Waals surface area contributed by atoms with Crippen LogP contribution in [0.15, 0.2) is 0 Å². The average molecular weight is 244 g/mol. The maximum atomic E-state index is 12.0. The molecule has 0 aromatic heterocycles. The fourth-order valence-corrected chi connectivity index (χ4v) is 1.99. The summed E-state index contributed by atoms with van der Waals surface area (Å²) in [6.07, 6.45) is 0.687. The molecule has 0 aromatic rings. The van der Waals surface area contributed by atoms with Crippen LogP contribution in [0.1, 0.15) is 13.3 Å². The highest BCUT2D eigenvalue weighted by Gasteiger charge is 2.22. The highest BCUT2D eigenvalue weighted by Crippen LogP contribution is 2.06. The van der Waals surface area contributed by atoms with Crippen LogP contribution in [-0.4, -0.2) is 75.4 Å². The third kappa shape index (κ3) is 4.61. The molecule has 1 fully saturated rings. The van der Waals surface area contributed by atoms with Crippen molar-refractivity contribution in [1.29, 1.82) is 0 Å². The topological polar surface area (TPSA) is 42.0 Å². The first-order valence-corrected chi connectivity index (χ1v) is 6.22. The van der Waals surface area contributed by atoms with Gasteiger partial charge in [0.1, 0.15) is 6.10 Å². The molecule has 5 heteroatoms. The normalized spacial score (nSPS) is 20.1. The van der Waals surface area contributed by atoms with Gasteiger partial charge in [-0.05, 0) is 19.9 Å². The van der Waals surface area contributed by atoms with E-state index in [1.54, 1.807) is 21.1 Å². The molecule has 0 bridgehead atoms. The number of ether oxygens (including phenoxy) is 2. The zero-order chi connectivity index (χ0) is 12.7. The quantitative estimate of drug-likeness (QED) is 0.693. The lowest BCUT2D eigenvalue weighted by Crippen LogP contribution is -2.41. The van der Waals surface area contributed by atoms with Crippen molar-refractivity contribution in [2.24, 2.45) is 0 Å². The van der Waals surface area contributed by atoms with Crippen molar-refractivity contribution < 1.29 is 14.3 Å². The van der Waals surface area contributed by atoms with E-state index in [4.69, 9.17) is 9.47 Å². The Bertz CT molecular complexity index is 236. The minimum atomic E-state index is -0.333. The van der Waals surface area contributed by atoms with Crippen LogP contribution in [0.5, 0.6) is 0 Å². The van der Waals surface area contributed by atoms with Gasteiger partial charge in [-0.2, -0.15) is 0 Å². The van der Waals surface area contributed by atoms with E-state index in [9.17, 15) is 4.79 Å². The fraction of sp³-hybridized carbons (Fsp3) is 0.917. The predicted molar refractivity (Wildman–Crippen MR) is 66.0 cm³/mol. The first-order chi connectivity index (χ1) is 8.19. The van der Waals surface area contributed by atoms with Gasteiger partial charge in [0.15, 0.2) is 0 Å². The van der Waals surface area contributed by atoms with Crippen molar-refractivity contribution in [3.63, 3.8) is 0 Å². The Labute approximate surface area is 104 Å². The van der Waals surface area contributed by atoms with Gasteiger partial charge in [0.2, 0.25) is 0 Å². The van der Waals surface area contributed by atoms with Gasteiger partial charge in [-0.1, -0.05) is 0 Å². The number of carbonyl (C=O) groups excluding carboxylic acids is 1. The van der Waals surface area contributed by atoms with Crippen molar-refractivity contribution in [1.82, 2.24) is 9.80 Å². The summed E-state index contributed by atoms with van der Waals surface area (Å²) in [4.78, 5) is 16.2. The number of nitrogens with zero attached hydrogens (tertiary/aromatic N) is 2. The van der Waals surface area contributed by atoms with Gasteiger partial charge in [-0.15, -0.1) is 0 Å². The zero-order valence-electron chi connectivity index (χ0n) is 11.1. The molecule has 0 radical (unpaired) electrons. The second kappa shape index (κ2) is 7.63. The number of amides is 1. The van der Waals surface area contributed by atoms with Crippen molar-refractivity contribution in [2.45, 2.75) is 19.4 Å². The van der Waals surface area contributed by atoms with Crippen LogP contribution < -0.4 is 0 Å². The van der Waals surface area contributed by atoms with Crippen LogP contribution in [0.4, 0.5) is 0 Å². The van der Waals surface area contributed by atoms with Gasteiger partial charge in [0.05, 0.1) is 6.61 Å². The third-order valence-electron chi connectivity index (χ3n) is 3.21. The molecule has 1 heterocycles. The van der Waals surface area contributed by atoms with E-state index in [0.717, 1.165) is 45.8 Å². The van der Waals surface area contributed by atoms with E-state index in [1.807, 2.05) is 4.90 Å². The third-order valence-corrected chi connectivity index (χ3v) is 3.21. The molecule has 0 aromatic carbocycles. The molecule has 1 saturated heterocycles. The average Bonchev–Trinajstić information content (AvgIpc) is 2.59. The van der Waals surface area contributed by atoms with Gasteiger partial charge in [0, 0.05) is 40.4 Å². The molecule has 0 saturated carbocycles. The highest BCUT2D eigenvalue weighted by atomic mass is 16.5. The molecule has 100 valence electrons. The van der Waals surface area contributed by atoms with Crippen LogP contribution >= 0.6 is 0 Å². The smallest absolute Gasteiger partial charge is 0.251 e. The van der Waals surface area contributed by atoms with Crippen molar-refractivity contribution >= 4 is 5.91 Å². The summed E-state index contributed by atoms with van der Waals surface area (Å²) in [7, 11) is 3.29. The van der Waals surface area contributed by atoms with Gasteiger partial charge in [-0.25, -0.2) is 0 Å². The van der Waals surface area contributed by atoms with Gasteiger partial charge < -0.3 is 14.4 Å². The first kappa shape index (κ1) is 14.4. The molecule has 5 nitrogen and oxygen atoms in total. The summed E-state index contributed by atoms with van der Waals surface area (Å²) in [6, 6.07) is 0. The lowest BCUT2D eigenvalue weighted by molar-refractivity contribution is -0.140. The highest BCUT2D eigenvalue weighted by molar-refractivity contribution is 5.80. The number of carbonyl (C=O) groups is 1. The number of rotatable bonds is 5. The molecule has 0 spiro atoms. The van der Waals surface area contributed by atoms with E-state index in [-0.39, 0.29) is 12.0 Å². The summed E-state index contributed by atoms with van der Waals surface area (Å²) < 4.78 is 10.1. The summed E-state index contributed by atoms with van der Waals surface area (Å²) in [5.74, 6) is 0.0982. The minimum absolute atomic E-state index is 0.0982. The van der Waals surface area contributed by atoms with E-state index < -0.39 is 0 Å². The van der Waals surface area contributed by atoms with Crippen LogP contribution in [0.2, 0.25) is 0 Å². The van der Waals surface area contributed by atoms with Gasteiger partial charge in [0.25, 0.3) is 5.91 Å². The van der Waals surface area contributed by atoms with Gasteiger partial charge >= 0.3 is 0 Å². The molecule has 1 unspecified atom stereocenters. The molecule has 17 heavy (non-hydrogen) atoms. The molecule has 1 aliphatic rings. The molecule has 0 aliphatic carbocycles. The van der Waals surface area contributed by atoms with Crippen LogP contribution in [0.3, 0.4) is 0 Å². The molecular formula is C12H24N2O3. The molecule has 1 aliphatic heterocycles. The molecule has 1 atom stereocenters. The van der Waals surface area contributed by atoms with Crippen molar-refractivity contribution in [3.8, 4) is 0 Å². The predicted octanol–water partition coefficient (Wildman–Crippen LogP) is 0.202. The standard InChI is InChI=1S/C12H24N2O3/c1-11(17-3)12(15)14-6-4-5-13(7-8-14)9-10-16-2/h11H,4-10H2,1-3H3. The monoisotopic (exact) mass is 244 g/mol. The number of hydrogen-bond acceptors (Lipinski definition) is 4. The van der Waals surface area contributed by atoms with E-state index in [1.165, 1.54) is 0 Å². The van der Waals surface area contributed by atoms with E-state index in [2.05, 4.69) is 4.90 Å². The molecular weight excluding hydrogens is 220 g/mol. The van der Waals surface area contributed by atoms with E-state index >= 15 is 0 Å². The number of hydrogen-bond donors (Lipinski definition) is 0. The van der Waals surface area contributed by atoms with E-state index in [0.29, 0.717) is 0 Å². The molecule has 1 rings (SSSR count). The Hall–Kier alpha value is -0.650. The summed E-state index contributed by atoms with van der Waals surface area (Å²) >= 11 is 0. The SMILES string of the molecule is COCCN1CCCN(C(=O)C(C)OC)CC1. The summed E-state index contributed by atoms with van der Waals surface area (Å²) in [5.41, 5.74) is 0. The summed E-state index contributed by atoms with van der Waals surface area (Å²) in [5, 5.41) is 0. The lowest BCUT2D eigenvalue weighted by atomic mass is 10.3. The van der Waals surface area contributed by atoms with Crippen molar-refractivity contribution in [2.75, 3.05) is 53.6 Å². The lowest BCUT2D eigenvalue weighted by Gasteiger charge is -2.24. The van der Waals surface area contributed by atoms with Gasteiger partial charge in [-0.3, -0.25) is 9.69 Å². The van der Waals surface area contributed by atoms with Crippen LogP contribution in [0.25, 0.3) is 0 Å². The Kier molecular flexibility index (Phi) is 6.47. The minimum Gasteiger partial charge on any atom is -0.383 e. The second-order valence-corrected chi connectivity index (χ2v) is 4.39. The fourth-order valence-electron chi connectivity index (χ4n) is 1.99. The molecule has 0 N–H and O–H groups in total. The zero-order valence-corrected chi connectivity index (χ0v) is 11.1. The largest absolute Gasteiger partial charge is 0.383 e. The molecule has 1 amide bonds. The second-order valence-electron chi connectivity index (χ2n) is 4.39. The summed E-state index contributed by atoms with van der Waals surface area (Å²) in [6.45, 7) is 7.07. The van der Waals surface area contributed by atoms with Crippen LogP contribution in [0, 0.1) is 0 Å².